The van der Waals surface area contributed by atoms with E-state index in [9.17, 15) is 24.8 Å². The molecule has 0 atom stereocenters. The molecule has 1 aliphatic carbocycles. The van der Waals surface area contributed by atoms with Gasteiger partial charge in [-0.25, -0.2) is 4.79 Å². The van der Waals surface area contributed by atoms with Crippen molar-refractivity contribution < 1.29 is 58.5 Å². The number of benzene rings is 1. The summed E-state index contributed by atoms with van der Waals surface area (Å²) in [5.74, 6) is -2.86. The van der Waals surface area contributed by atoms with Gasteiger partial charge in [0.15, 0.2) is 5.78 Å². The summed E-state index contributed by atoms with van der Waals surface area (Å²) in [4.78, 5) is 38.4. The van der Waals surface area contributed by atoms with Crippen LogP contribution in [0.25, 0.3) is 0 Å². The number of ether oxygens (including phenoxy) is 2. The zero-order chi connectivity index (χ0) is 25.5. The average molecular weight is 518 g/mol. The molecule has 36 heavy (non-hydrogen) atoms. The number of ketones is 1. The fourth-order valence-corrected chi connectivity index (χ4v) is 4.97. The minimum atomic E-state index is -1.22. The molecule has 9 nitrogen and oxygen atoms in total. The standard InChI is InChI=1S/C25H25N3O6S.Na/c1-3-34-25(32)21-16-6-4-5-7-20(16)35-24(21)28-18(22(30)17(13-26)23(27)31)12-19(29)14-8-10-15(33-2)11-9-14;/h8-12,28,30H,3-7H2,1-2H3,(H2,27,31);/q;+1/p-1. The molecule has 3 N–H and O–H groups in total. The van der Waals surface area contributed by atoms with Gasteiger partial charge in [0.2, 0.25) is 0 Å². The molecule has 1 heterocycles. The molecular weight excluding hydrogens is 493 g/mol. The van der Waals surface area contributed by atoms with E-state index in [0.29, 0.717) is 22.7 Å². The number of carbonyl (C=O) groups is 3. The molecule has 1 aromatic heterocycles. The molecule has 0 fully saturated rings. The quantitative estimate of drug-likeness (QED) is 0.0868. The Morgan fingerprint density at radius 1 is 1.22 bits per heavy atom. The SMILES string of the molecule is CCOC(=O)c1c(NC(=CC(=O)c2ccc(OC)cc2)C([O-])=C(C#N)C(N)=O)sc2c1CCCC2.[Na+]. The number of fused-ring (bicyclic) bond motifs is 1. The van der Waals surface area contributed by atoms with Gasteiger partial charge in [-0.2, -0.15) is 5.26 Å². The van der Waals surface area contributed by atoms with Crippen LogP contribution in [0.3, 0.4) is 0 Å². The van der Waals surface area contributed by atoms with E-state index in [1.54, 1.807) is 19.1 Å². The molecule has 0 saturated heterocycles. The van der Waals surface area contributed by atoms with Crippen molar-refractivity contribution >= 4 is 34.0 Å². The van der Waals surface area contributed by atoms with Gasteiger partial charge in [-0.15, -0.1) is 11.3 Å². The number of primary amides is 1. The molecular formula is C25H24N3NaO6S. The zero-order valence-electron chi connectivity index (χ0n) is 20.3. The van der Waals surface area contributed by atoms with Crippen LogP contribution in [-0.2, 0) is 22.4 Å². The minimum absolute atomic E-state index is 0. The molecule has 0 unspecified atom stereocenters. The van der Waals surface area contributed by atoms with Gasteiger partial charge in [-0.3, -0.25) is 9.59 Å². The number of anilines is 1. The summed E-state index contributed by atoms with van der Waals surface area (Å²) in [6.45, 7) is 1.85. The van der Waals surface area contributed by atoms with Gasteiger partial charge >= 0.3 is 35.5 Å². The molecule has 1 aromatic carbocycles. The fourth-order valence-electron chi connectivity index (χ4n) is 3.68. The molecule has 2 aromatic rings. The van der Waals surface area contributed by atoms with E-state index in [1.165, 1.54) is 36.6 Å². The summed E-state index contributed by atoms with van der Waals surface area (Å²) < 4.78 is 10.3. The number of nitrogens with one attached hydrogen (secondary N) is 1. The summed E-state index contributed by atoms with van der Waals surface area (Å²) in [5, 5.41) is 25.5. The number of nitrogens with two attached hydrogens (primary N) is 1. The first-order valence-electron chi connectivity index (χ1n) is 10.9. The molecule has 1 amide bonds. The van der Waals surface area contributed by atoms with Crippen molar-refractivity contribution in [2.45, 2.75) is 32.6 Å². The number of rotatable bonds is 9. The molecule has 11 heteroatoms. The second kappa shape index (κ2) is 13.3. The molecule has 1 aliphatic rings. The van der Waals surface area contributed by atoms with E-state index >= 15 is 0 Å². The molecule has 182 valence electrons. The summed E-state index contributed by atoms with van der Waals surface area (Å²) in [6, 6.07) is 7.68. The molecule has 0 aliphatic heterocycles. The summed E-state index contributed by atoms with van der Waals surface area (Å²) in [5.41, 5.74) is 5.38. The average Bonchev–Trinajstić information content (AvgIpc) is 3.21. The monoisotopic (exact) mass is 517 g/mol. The van der Waals surface area contributed by atoms with E-state index in [0.717, 1.165) is 35.8 Å². The third-order valence-corrected chi connectivity index (χ3v) is 6.59. The van der Waals surface area contributed by atoms with Crippen LogP contribution >= 0.6 is 11.3 Å². The van der Waals surface area contributed by atoms with E-state index in [4.69, 9.17) is 15.2 Å². The summed E-state index contributed by atoms with van der Waals surface area (Å²) in [7, 11) is 1.49. The Morgan fingerprint density at radius 3 is 2.47 bits per heavy atom. The maximum absolute atomic E-state index is 13.1. The van der Waals surface area contributed by atoms with Gasteiger partial charge in [0.25, 0.3) is 5.91 Å². The van der Waals surface area contributed by atoms with Crippen molar-refractivity contribution in [3.63, 3.8) is 0 Å². The predicted molar refractivity (Wildman–Crippen MR) is 128 cm³/mol. The van der Waals surface area contributed by atoms with Crippen molar-refractivity contribution in [1.29, 1.82) is 5.26 Å². The summed E-state index contributed by atoms with van der Waals surface area (Å²) >= 11 is 1.28. The Balaban J connectivity index is 0.00000456. The Kier molecular flexibility index (Phi) is 10.7. The third-order valence-electron chi connectivity index (χ3n) is 5.38. The van der Waals surface area contributed by atoms with Crippen molar-refractivity contribution in [3.05, 3.63) is 68.9 Å². The number of amides is 1. The van der Waals surface area contributed by atoms with Crippen LogP contribution in [0.15, 0.2) is 47.4 Å². The first kappa shape index (κ1) is 29.1. The molecule has 0 radical (unpaired) electrons. The van der Waals surface area contributed by atoms with Crippen molar-refractivity contribution in [3.8, 4) is 11.8 Å². The topological polar surface area (TPSA) is 155 Å². The maximum Gasteiger partial charge on any atom is 1.00 e. The van der Waals surface area contributed by atoms with Crippen LogP contribution in [0.2, 0.25) is 0 Å². The molecule has 0 saturated carbocycles. The molecule has 3 rings (SSSR count). The van der Waals surface area contributed by atoms with Crippen LogP contribution in [0.1, 0.15) is 50.9 Å². The zero-order valence-corrected chi connectivity index (χ0v) is 23.1. The summed E-state index contributed by atoms with van der Waals surface area (Å²) in [6.07, 6.45) is 4.29. The minimum Gasteiger partial charge on any atom is -0.870 e. The Morgan fingerprint density at radius 2 is 1.89 bits per heavy atom. The normalized spacial score (nSPS) is 13.3. The number of allylic oxidation sites excluding steroid dienone is 1. The smallest absolute Gasteiger partial charge is 0.870 e. The van der Waals surface area contributed by atoms with Crippen LogP contribution < -0.4 is 50.5 Å². The van der Waals surface area contributed by atoms with Gasteiger partial charge in [0.05, 0.1) is 19.3 Å². The van der Waals surface area contributed by atoms with Crippen molar-refractivity contribution in [2.75, 3.05) is 19.0 Å². The fraction of sp³-hybridized carbons (Fsp3) is 0.280. The number of nitriles is 1. The van der Waals surface area contributed by atoms with E-state index in [2.05, 4.69) is 5.32 Å². The maximum atomic E-state index is 13.1. The van der Waals surface area contributed by atoms with Gasteiger partial charge in [-0.05, 0) is 62.4 Å². The number of thiophene rings is 1. The Hall–Kier alpha value is -3.10. The number of hydrogen-bond acceptors (Lipinski definition) is 9. The second-order valence-electron chi connectivity index (χ2n) is 7.59. The number of aryl methyl sites for hydroxylation is 1. The van der Waals surface area contributed by atoms with Gasteiger partial charge in [-0.1, -0.05) is 5.76 Å². The van der Waals surface area contributed by atoms with E-state index in [1.807, 2.05) is 0 Å². The van der Waals surface area contributed by atoms with Crippen LogP contribution in [0, 0.1) is 11.3 Å². The van der Waals surface area contributed by atoms with Gasteiger partial charge in [0.1, 0.15) is 22.4 Å². The van der Waals surface area contributed by atoms with E-state index < -0.39 is 29.0 Å². The first-order valence-corrected chi connectivity index (χ1v) is 11.7. The molecule has 0 spiro atoms. The molecule has 0 bridgehead atoms. The first-order chi connectivity index (χ1) is 16.8. The van der Waals surface area contributed by atoms with Crippen molar-refractivity contribution in [1.82, 2.24) is 0 Å². The van der Waals surface area contributed by atoms with E-state index in [-0.39, 0.29) is 47.4 Å². The number of nitrogens with zero attached hydrogens (tertiary/aromatic N) is 1. The number of carbonyl (C=O) groups excluding carboxylic acids is 3. The van der Waals surface area contributed by atoms with Crippen LogP contribution in [0.5, 0.6) is 5.75 Å². The van der Waals surface area contributed by atoms with Crippen molar-refractivity contribution in [2.24, 2.45) is 5.73 Å². The largest absolute Gasteiger partial charge is 1.00 e. The number of methoxy groups -OCH3 is 1. The van der Waals surface area contributed by atoms with Crippen LogP contribution in [0.4, 0.5) is 5.00 Å². The Labute approximate surface area is 234 Å². The predicted octanol–water partition coefficient (Wildman–Crippen LogP) is -0.382. The van der Waals surface area contributed by atoms with Gasteiger partial charge in [0, 0.05) is 22.2 Å². The van der Waals surface area contributed by atoms with Crippen LogP contribution in [-0.4, -0.2) is 31.4 Å². The second-order valence-corrected chi connectivity index (χ2v) is 8.70. The number of esters is 1. The Bertz CT molecular complexity index is 1260. The number of hydrogen-bond donors (Lipinski definition) is 2. The van der Waals surface area contributed by atoms with Gasteiger partial charge < -0.3 is 25.6 Å². The third kappa shape index (κ3) is 6.56.